The molecule has 18 heavy (non-hydrogen) atoms. The molecule has 2 aromatic rings. The zero-order valence-electron chi connectivity index (χ0n) is 11.3. The van der Waals surface area contributed by atoms with Gasteiger partial charge in [-0.1, -0.05) is 12.5 Å². The Morgan fingerprint density at radius 1 is 1.39 bits per heavy atom. The average molecular weight is 244 g/mol. The van der Waals surface area contributed by atoms with Crippen LogP contribution in [0.5, 0.6) is 0 Å². The van der Waals surface area contributed by atoms with Gasteiger partial charge in [-0.3, -0.25) is 0 Å². The van der Waals surface area contributed by atoms with Crippen LogP contribution in [0, 0.1) is 13.8 Å². The highest BCUT2D eigenvalue weighted by molar-refractivity contribution is 5.77. The van der Waals surface area contributed by atoms with Crippen LogP contribution >= 0.6 is 0 Å². The van der Waals surface area contributed by atoms with Crippen molar-refractivity contribution in [3.63, 3.8) is 0 Å². The summed E-state index contributed by atoms with van der Waals surface area (Å²) in [5.74, 6) is 0.816. The van der Waals surface area contributed by atoms with Gasteiger partial charge in [0.25, 0.3) is 0 Å². The van der Waals surface area contributed by atoms with Crippen molar-refractivity contribution in [1.29, 1.82) is 0 Å². The van der Waals surface area contributed by atoms with E-state index in [0.717, 1.165) is 41.8 Å². The van der Waals surface area contributed by atoms with Gasteiger partial charge in [0.15, 0.2) is 5.58 Å². The second-order valence-corrected chi connectivity index (χ2v) is 5.87. The first-order chi connectivity index (χ1) is 8.50. The van der Waals surface area contributed by atoms with Crippen LogP contribution in [0.4, 0.5) is 0 Å². The molecule has 0 aliphatic heterocycles. The lowest BCUT2D eigenvalue weighted by Crippen LogP contribution is -2.38. The molecule has 0 spiro atoms. The van der Waals surface area contributed by atoms with Crippen molar-refractivity contribution in [3.8, 4) is 0 Å². The van der Waals surface area contributed by atoms with E-state index in [9.17, 15) is 0 Å². The van der Waals surface area contributed by atoms with Gasteiger partial charge in [-0.15, -0.1) is 0 Å². The van der Waals surface area contributed by atoms with Gasteiger partial charge in [0.2, 0.25) is 5.89 Å². The molecular formula is C15H20N2O. The van der Waals surface area contributed by atoms with Crippen LogP contribution in [0.15, 0.2) is 16.5 Å². The number of hydrogen-bond acceptors (Lipinski definition) is 3. The third-order valence-electron chi connectivity index (χ3n) is 4.34. The van der Waals surface area contributed by atoms with Crippen LogP contribution in [0.25, 0.3) is 11.1 Å². The van der Waals surface area contributed by atoms with E-state index in [-0.39, 0.29) is 11.5 Å². The van der Waals surface area contributed by atoms with Crippen LogP contribution in [0.2, 0.25) is 0 Å². The Morgan fingerprint density at radius 3 is 2.83 bits per heavy atom. The van der Waals surface area contributed by atoms with Crippen molar-refractivity contribution < 1.29 is 4.42 Å². The lowest BCUT2D eigenvalue weighted by molar-refractivity contribution is 0.332. The number of aromatic nitrogens is 1. The van der Waals surface area contributed by atoms with E-state index < -0.39 is 0 Å². The molecule has 1 aliphatic rings. The molecule has 0 radical (unpaired) electrons. The zero-order chi connectivity index (χ0) is 12.9. The summed E-state index contributed by atoms with van der Waals surface area (Å²) in [5, 5.41) is 0. The molecular weight excluding hydrogens is 224 g/mol. The summed E-state index contributed by atoms with van der Waals surface area (Å²) in [5.41, 5.74) is 10.4. The van der Waals surface area contributed by atoms with Crippen LogP contribution in [-0.4, -0.2) is 11.0 Å². The lowest BCUT2D eigenvalue weighted by Gasteiger charge is -2.24. The van der Waals surface area contributed by atoms with Crippen molar-refractivity contribution in [2.75, 3.05) is 0 Å². The molecule has 96 valence electrons. The maximum Gasteiger partial charge on any atom is 0.203 e. The van der Waals surface area contributed by atoms with Crippen molar-refractivity contribution in [3.05, 3.63) is 29.2 Å². The quantitative estimate of drug-likeness (QED) is 0.838. The fourth-order valence-electron chi connectivity index (χ4n) is 3.08. The molecule has 1 aliphatic carbocycles. The van der Waals surface area contributed by atoms with Crippen LogP contribution in [0.3, 0.4) is 0 Å². The minimum absolute atomic E-state index is 0.0979. The second kappa shape index (κ2) is 3.82. The largest absolute Gasteiger partial charge is 0.440 e. The first-order valence-corrected chi connectivity index (χ1v) is 6.64. The van der Waals surface area contributed by atoms with Crippen LogP contribution in [-0.2, 0) is 5.41 Å². The molecule has 0 amide bonds. The Balaban J connectivity index is 2.17. The molecule has 2 N–H and O–H groups in total. The Kier molecular flexibility index (Phi) is 2.49. The monoisotopic (exact) mass is 244 g/mol. The van der Waals surface area contributed by atoms with Crippen molar-refractivity contribution >= 4 is 11.1 Å². The van der Waals surface area contributed by atoms with Gasteiger partial charge in [0.05, 0.1) is 5.41 Å². The van der Waals surface area contributed by atoms with Gasteiger partial charge in [-0.2, -0.15) is 0 Å². The highest BCUT2D eigenvalue weighted by Gasteiger charge is 2.42. The molecule has 2 atom stereocenters. The van der Waals surface area contributed by atoms with Gasteiger partial charge in [0.1, 0.15) is 5.52 Å². The van der Waals surface area contributed by atoms with E-state index in [4.69, 9.17) is 15.1 Å². The zero-order valence-corrected chi connectivity index (χ0v) is 11.3. The van der Waals surface area contributed by atoms with Gasteiger partial charge in [-0.25, -0.2) is 4.98 Å². The fourth-order valence-corrected chi connectivity index (χ4v) is 3.08. The van der Waals surface area contributed by atoms with E-state index >= 15 is 0 Å². The molecule has 3 rings (SSSR count). The standard InChI is InChI=1S/C15H20N2O/c1-9-7-10(2)13-11(8-9)17-14(18-13)15(3)6-4-5-12(15)16/h7-8,12H,4-6,16H2,1-3H3. The summed E-state index contributed by atoms with van der Waals surface area (Å²) in [7, 11) is 0. The highest BCUT2D eigenvalue weighted by atomic mass is 16.3. The highest BCUT2D eigenvalue weighted by Crippen LogP contribution is 2.40. The Labute approximate surface area is 107 Å². The number of rotatable bonds is 1. The smallest absolute Gasteiger partial charge is 0.203 e. The number of hydrogen-bond donors (Lipinski definition) is 1. The van der Waals surface area contributed by atoms with Gasteiger partial charge >= 0.3 is 0 Å². The SMILES string of the molecule is Cc1cc(C)c2oc(C3(C)CCCC3N)nc2c1. The molecule has 1 aromatic heterocycles. The molecule has 1 fully saturated rings. The summed E-state index contributed by atoms with van der Waals surface area (Å²) in [4.78, 5) is 4.69. The van der Waals surface area contributed by atoms with Crippen molar-refractivity contribution in [1.82, 2.24) is 4.98 Å². The molecule has 3 nitrogen and oxygen atoms in total. The van der Waals surface area contributed by atoms with E-state index in [1.54, 1.807) is 0 Å². The predicted molar refractivity (Wildman–Crippen MR) is 72.7 cm³/mol. The normalized spacial score (nSPS) is 28.1. The Hall–Kier alpha value is -1.35. The third kappa shape index (κ3) is 1.57. The van der Waals surface area contributed by atoms with Crippen LogP contribution in [0.1, 0.15) is 43.2 Å². The molecule has 3 heteroatoms. The maximum absolute atomic E-state index is 6.24. The Morgan fingerprint density at radius 2 is 2.17 bits per heavy atom. The lowest BCUT2D eigenvalue weighted by atomic mass is 9.85. The summed E-state index contributed by atoms with van der Waals surface area (Å²) in [6.45, 7) is 6.34. The maximum atomic E-state index is 6.24. The minimum atomic E-state index is -0.0979. The van der Waals surface area contributed by atoms with Gasteiger partial charge in [0, 0.05) is 6.04 Å². The predicted octanol–water partition coefficient (Wildman–Crippen LogP) is 3.21. The van der Waals surface area contributed by atoms with Crippen LogP contribution < -0.4 is 5.73 Å². The van der Waals surface area contributed by atoms with E-state index in [0.29, 0.717) is 0 Å². The molecule has 2 unspecified atom stereocenters. The number of nitrogens with zero attached hydrogens (tertiary/aromatic N) is 1. The molecule has 1 saturated carbocycles. The summed E-state index contributed by atoms with van der Waals surface area (Å²) >= 11 is 0. The molecule has 0 saturated heterocycles. The minimum Gasteiger partial charge on any atom is -0.440 e. The van der Waals surface area contributed by atoms with E-state index in [2.05, 4.69) is 32.9 Å². The van der Waals surface area contributed by atoms with E-state index in [1.165, 1.54) is 5.56 Å². The van der Waals surface area contributed by atoms with Gasteiger partial charge < -0.3 is 10.2 Å². The second-order valence-electron chi connectivity index (χ2n) is 5.87. The number of benzene rings is 1. The van der Waals surface area contributed by atoms with Crippen molar-refractivity contribution in [2.24, 2.45) is 5.73 Å². The van der Waals surface area contributed by atoms with Crippen molar-refractivity contribution in [2.45, 2.75) is 51.5 Å². The number of fused-ring (bicyclic) bond motifs is 1. The number of nitrogens with two attached hydrogens (primary N) is 1. The first kappa shape index (κ1) is 11.7. The molecule has 1 heterocycles. The average Bonchev–Trinajstić information content (AvgIpc) is 2.85. The number of oxazole rings is 1. The summed E-state index contributed by atoms with van der Waals surface area (Å²) in [6.07, 6.45) is 3.29. The molecule has 0 bridgehead atoms. The summed E-state index contributed by atoms with van der Waals surface area (Å²) in [6, 6.07) is 4.37. The van der Waals surface area contributed by atoms with Gasteiger partial charge in [-0.05, 0) is 50.8 Å². The number of aryl methyl sites for hydroxylation is 2. The first-order valence-electron chi connectivity index (χ1n) is 6.64. The third-order valence-corrected chi connectivity index (χ3v) is 4.34. The topological polar surface area (TPSA) is 52.0 Å². The molecule has 1 aromatic carbocycles. The Bertz CT molecular complexity index is 602. The summed E-state index contributed by atoms with van der Waals surface area (Å²) < 4.78 is 6.02. The van der Waals surface area contributed by atoms with E-state index in [1.807, 2.05) is 0 Å². The fraction of sp³-hybridized carbons (Fsp3) is 0.533.